The summed E-state index contributed by atoms with van der Waals surface area (Å²) in [4.78, 5) is 2.82. The molecule has 0 radical (unpaired) electrons. The molecule has 1 aromatic carbocycles. The Morgan fingerprint density at radius 2 is 2.12 bits per heavy atom. The van der Waals surface area contributed by atoms with Gasteiger partial charge in [-0.2, -0.15) is 0 Å². The van der Waals surface area contributed by atoms with E-state index in [0.717, 1.165) is 6.21 Å². The highest BCUT2D eigenvalue weighted by atomic mass is 19.4. The summed E-state index contributed by atoms with van der Waals surface area (Å²) in [5.41, 5.74) is 1.09. The standard InChI is InChI=1S/C10H7F3N2O2/c11-10(12,13)17-7-1-2-9-8(3-7)6(4-14-9)5-15-16/h1-5,14,16H/b15-5-. The third-order valence-corrected chi connectivity index (χ3v) is 2.12. The van der Waals surface area contributed by atoms with E-state index in [1.165, 1.54) is 24.4 Å². The van der Waals surface area contributed by atoms with Crippen molar-refractivity contribution >= 4 is 17.1 Å². The smallest absolute Gasteiger partial charge is 0.411 e. The molecule has 0 aliphatic rings. The summed E-state index contributed by atoms with van der Waals surface area (Å²) in [5.74, 6) is -0.322. The van der Waals surface area contributed by atoms with Crippen molar-refractivity contribution in [2.24, 2.45) is 5.16 Å². The number of benzene rings is 1. The first kappa shape index (κ1) is 11.3. The van der Waals surface area contributed by atoms with E-state index >= 15 is 0 Å². The van der Waals surface area contributed by atoms with Gasteiger partial charge in [0.05, 0.1) is 6.21 Å². The lowest BCUT2D eigenvalue weighted by atomic mass is 10.2. The van der Waals surface area contributed by atoms with Gasteiger partial charge in [-0.15, -0.1) is 13.2 Å². The number of fused-ring (bicyclic) bond motifs is 1. The fourth-order valence-electron chi connectivity index (χ4n) is 1.49. The molecule has 0 aliphatic carbocycles. The van der Waals surface area contributed by atoms with Gasteiger partial charge in [-0.1, -0.05) is 5.16 Å². The van der Waals surface area contributed by atoms with Crippen molar-refractivity contribution < 1.29 is 23.1 Å². The van der Waals surface area contributed by atoms with Crippen LogP contribution < -0.4 is 4.74 Å². The Labute approximate surface area is 93.3 Å². The quantitative estimate of drug-likeness (QED) is 0.484. The summed E-state index contributed by atoms with van der Waals surface area (Å²) in [5, 5.41) is 11.7. The van der Waals surface area contributed by atoms with Gasteiger partial charge in [-0.05, 0) is 18.2 Å². The lowest BCUT2D eigenvalue weighted by molar-refractivity contribution is -0.274. The molecule has 2 rings (SSSR count). The summed E-state index contributed by atoms with van der Waals surface area (Å²) in [7, 11) is 0. The van der Waals surface area contributed by atoms with E-state index in [1.807, 2.05) is 0 Å². The Bertz CT molecular complexity index is 560. The van der Waals surface area contributed by atoms with Crippen LogP contribution in [0.5, 0.6) is 5.75 Å². The predicted molar refractivity (Wildman–Crippen MR) is 54.4 cm³/mol. The van der Waals surface area contributed by atoms with E-state index in [4.69, 9.17) is 5.21 Å². The molecule has 7 heteroatoms. The van der Waals surface area contributed by atoms with Crippen LogP contribution >= 0.6 is 0 Å². The first-order valence-electron chi connectivity index (χ1n) is 4.54. The van der Waals surface area contributed by atoms with E-state index < -0.39 is 6.36 Å². The number of aromatic nitrogens is 1. The SMILES string of the molecule is O/N=C\c1c[nH]c2ccc(OC(F)(F)F)cc12. The first-order valence-corrected chi connectivity index (χ1v) is 4.54. The molecule has 4 nitrogen and oxygen atoms in total. The number of aromatic amines is 1. The minimum Gasteiger partial charge on any atom is -0.411 e. The summed E-state index contributed by atoms with van der Waals surface area (Å²) < 4.78 is 39.9. The number of hydrogen-bond acceptors (Lipinski definition) is 3. The molecule has 17 heavy (non-hydrogen) atoms. The molecule has 0 atom stereocenters. The molecule has 2 N–H and O–H groups in total. The fraction of sp³-hybridized carbons (Fsp3) is 0.100. The Hall–Kier alpha value is -2.18. The Kier molecular flexibility index (Phi) is 2.66. The normalized spacial score (nSPS) is 12.4. The highest BCUT2D eigenvalue weighted by molar-refractivity contribution is 5.99. The van der Waals surface area contributed by atoms with Crippen LogP contribution in [0.4, 0.5) is 13.2 Å². The highest BCUT2D eigenvalue weighted by Gasteiger charge is 2.31. The second-order valence-electron chi connectivity index (χ2n) is 3.24. The lowest BCUT2D eigenvalue weighted by Gasteiger charge is -2.08. The maximum Gasteiger partial charge on any atom is 0.573 e. The molecule has 0 saturated carbocycles. The van der Waals surface area contributed by atoms with Crippen molar-refractivity contribution in [1.82, 2.24) is 4.98 Å². The van der Waals surface area contributed by atoms with Gasteiger partial charge in [0, 0.05) is 22.7 Å². The number of rotatable bonds is 2. The number of hydrogen-bond donors (Lipinski definition) is 2. The van der Waals surface area contributed by atoms with E-state index in [2.05, 4.69) is 14.9 Å². The topological polar surface area (TPSA) is 57.6 Å². The largest absolute Gasteiger partial charge is 0.573 e. The number of nitrogens with one attached hydrogen (secondary N) is 1. The van der Waals surface area contributed by atoms with Crippen molar-refractivity contribution in [2.75, 3.05) is 0 Å². The Morgan fingerprint density at radius 3 is 2.76 bits per heavy atom. The Morgan fingerprint density at radius 1 is 1.35 bits per heavy atom. The number of alkyl halides is 3. The van der Waals surface area contributed by atoms with Crippen LogP contribution in [-0.2, 0) is 0 Å². The second kappa shape index (κ2) is 4.00. The van der Waals surface area contributed by atoms with Crippen LogP contribution in [0.25, 0.3) is 10.9 Å². The third-order valence-electron chi connectivity index (χ3n) is 2.12. The molecule has 0 amide bonds. The maximum atomic E-state index is 12.0. The second-order valence-corrected chi connectivity index (χ2v) is 3.24. The van der Waals surface area contributed by atoms with Crippen molar-refractivity contribution in [3.63, 3.8) is 0 Å². The van der Waals surface area contributed by atoms with Crippen molar-refractivity contribution in [3.8, 4) is 5.75 Å². The molecular weight excluding hydrogens is 237 g/mol. The highest BCUT2D eigenvalue weighted by Crippen LogP contribution is 2.27. The molecule has 1 heterocycles. The van der Waals surface area contributed by atoms with Gasteiger partial charge >= 0.3 is 6.36 Å². The molecule has 0 fully saturated rings. The maximum absolute atomic E-state index is 12.0. The first-order chi connectivity index (χ1) is 7.99. The van der Waals surface area contributed by atoms with Crippen LogP contribution in [0.3, 0.4) is 0 Å². The van der Waals surface area contributed by atoms with E-state index in [-0.39, 0.29) is 5.75 Å². The van der Waals surface area contributed by atoms with Gasteiger partial charge in [0.1, 0.15) is 5.75 Å². The molecule has 0 saturated heterocycles. The number of oxime groups is 1. The van der Waals surface area contributed by atoms with Gasteiger partial charge in [0.25, 0.3) is 0 Å². The van der Waals surface area contributed by atoms with Crippen molar-refractivity contribution in [2.45, 2.75) is 6.36 Å². The average molecular weight is 244 g/mol. The minimum absolute atomic E-state index is 0.322. The molecule has 0 aliphatic heterocycles. The van der Waals surface area contributed by atoms with E-state index in [1.54, 1.807) is 0 Å². The molecule has 1 aromatic heterocycles. The van der Waals surface area contributed by atoms with Gasteiger partial charge in [0.2, 0.25) is 0 Å². The average Bonchev–Trinajstić information content (AvgIpc) is 2.59. The van der Waals surface area contributed by atoms with Crippen LogP contribution in [0, 0.1) is 0 Å². The fourth-order valence-corrected chi connectivity index (χ4v) is 1.49. The zero-order chi connectivity index (χ0) is 12.5. The summed E-state index contributed by atoms with van der Waals surface area (Å²) in [6, 6.07) is 3.87. The van der Waals surface area contributed by atoms with Crippen LogP contribution in [-0.4, -0.2) is 22.8 Å². The van der Waals surface area contributed by atoms with Crippen LogP contribution in [0.15, 0.2) is 29.6 Å². The molecule has 0 unspecified atom stereocenters. The zero-order valence-corrected chi connectivity index (χ0v) is 8.32. The monoisotopic (exact) mass is 244 g/mol. The third kappa shape index (κ3) is 2.49. The molecule has 2 aromatic rings. The number of halogens is 3. The summed E-state index contributed by atoms with van der Waals surface area (Å²) >= 11 is 0. The number of ether oxygens (including phenoxy) is 1. The van der Waals surface area contributed by atoms with Crippen molar-refractivity contribution in [1.29, 1.82) is 0 Å². The summed E-state index contributed by atoms with van der Waals surface area (Å²) in [6.07, 6.45) is -2.09. The van der Waals surface area contributed by atoms with E-state index in [9.17, 15) is 13.2 Å². The molecule has 90 valence electrons. The molecular formula is C10H7F3N2O2. The molecule has 0 spiro atoms. The lowest BCUT2D eigenvalue weighted by Crippen LogP contribution is -2.16. The van der Waals surface area contributed by atoms with Crippen LogP contribution in [0.1, 0.15) is 5.56 Å². The van der Waals surface area contributed by atoms with Gasteiger partial charge in [-0.3, -0.25) is 0 Å². The van der Waals surface area contributed by atoms with Crippen molar-refractivity contribution in [3.05, 3.63) is 30.0 Å². The minimum atomic E-state index is -4.73. The van der Waals surface area contributed by atoms with E-state index in [0.29, 0.717) is 16.5 Å². The van der Waals surface area contributed by atoms with Crippen LogP contribution in [0.2, 0.25) is 0 Å². The zero-order valence-electron chi connectivity index (χ0n) is 8.32. The van der Waals surface area contributed by atoms with Gasteiger partial charge in [0.15, 0.2) is 0 Å². The Balaban J connectivity index is 2.44. The summed E-state index contributed by atoms with van der Waals surface area (Å²) in [6.45, 7) is 0. The number of H-pyrrole nitrogens is 1. The van der Waals surface area contributed by atoms with Gasteiger partial charge < -0.3 is 14.9 Å². The number of nitrogens with zero attached hydrogens (tertiary/aromatic N) is 1. The predicted octanol–water partition coefficient (Wildman–Crippen LogP) is 2.87. The van der Waals surface area contributed by atoms with Gasteiger partial charge in [-0.25, -0.2) is 0 Å². The molecule has 0 bridgehead atoms.